The third kappa shape index (κ3) is 2.19. The molecule has 0 saturated carbocycles. The average molecular weight is 388 g/mol. The highest BCUT2D eigenvalue weighted by Gasteiger charge is 2.23. The van der Waals surface area contributed by atoms with Crippen molar-refractivity contribution in [2.45, 2.75) is 13.8 Å². The van der Waals surface area contributed by atoms with Gasteiger partial charge in [0, 0.05) is 30.5 Å². The Balaban J connectivity index is 2.26. The first kappa shape index (κ1) is 17.4. The summed E-state index contributed by atoms with van der Waals surface area (Å²) in [6.45, 7) is 3.84. The Labute approximate surface area is 158 Å². The first-order valence-electron chi connectivity index (χ1n) is 8.28. The summed E-state index contributed by atoms with van der Waals surface area (Å²) in [6, 6.07) is 5.30. The van der Waals surface area contributed by atoms with Gasteiger partial charge in [-0.15, -0.1) is 0 Å². The molecule has 0 amide bonds. The number of halogens is 1. The van der Waals surface area contributed by atoms with Crippen LogP contribution >= 0.6 is 11.6 Å². The van der Waals surface area contributed by atoms with Crippen molar-refractivity contribution in [1.82, 2.24) is 23.1 Å². The van der Waals surface area contributed by atoms with Crippen LogP contribution in [0.1, 0.15) is 11.4 Å². The average Bonchev–Trinajstić information content (AvgIpc) is 3.14. The van der Waals surface area contributed by atoms with Crippen LogP contribution < -0.4 is 16.0 Å². The van der Waals surface area contributed by atoms with Crippen molar-refractivity contribution < 1.29 is 4.74 Å². The smallest absolute Gasteiger partial charge is 0.332 e. The molecule has 0 saturated heterocycles. The molecule has 0 unspecified atom stereocenters. The van der Waals surface area contributed by atoms with Gasteiger partial charge in [-0.1, -0.05) is 11.6 Å². The number of aromatic nitrogens is 5. The van der Waals surface area contributed by atoms with Crippen LogP contribution in [-0.4, -0.2) is 30.2 Å². The van der Waals surface area contributed by atoms with Gasteiger partial charge in [0.25, 0.3) is 5.56 Å². The largest absolute Gasteiger partial charge is 0.495 e. The Morgan fingerprint density at radius 1 is 1.07 bits per heavy atom. The molecule has 0 bridgehead atoms. The molecule has 0 atom stereocenters. The molecule has 0 aliphatic heterocycles. The zero-order valence-corrected chi connectivity index (χ0v) is 16.3. The summed E-state index contributed by atoms with van der Waals surface area (Å²) in [5.41, 5.74) is 2.30. The predicted molar refractivity (Wildman–Crippen MR) is 104 cm³/mol. The van der Waals surface area contributed by atoms with E-state index < -0.39 is 5.69 Å². The number of methoxy groups -OCH3 is 1. The van der Waals surface area contributed by atoms with Crippen LogP contribution in [0.25, 0.3) is 22.6 Å². The van der Waals surface area contributed by atoms with Crippen LogP contribution in [0.4, 0.5) is 0 Å². The molecule has 0 fully saturated rings. The van der Waals surface area contributed by atoms with Crippen LogP contribution in [-0.2, 0) is 14.1 Å². The Kier molecular flexibility index (Phi) is 3.71. The number of fused-ring (bicyclic) bond motifs is 3. The summed E-state index contributed by atoms with van der Waals surface area (Å²) in [5, 5.41) is 0.550. The quantitative estimate of drug-likeness (QED) is 0.527. The number of ether oxygens (including phenoxy) is 1. The Morgan fingerprint density at radius 3 is 2.44 bits per heavy atom. The molecule has 3 aromatic heterocycles. The van der Waals surface area contributed by atoms with Crippen LogP contribution in [0, 0.1) is 13.8 Å². The van der Waals surface area contributed by atoms with Gasteiger partial charge in [-0.05, 0) is 32.0 Å². The van der Waals surface area contributed by atoms with Crippen LogP contribution in [0.2, 0.25) is 5.02 Å². The number of imidazole rings is 2. The highest BCUT2D eigenvalue weighted by atomic mass is 35.5. The molecular weight excluding hydrogens is 370 g/mol. The standard InChI is InChI=1S/C18H18ClN5O3/c1-9-10(2)24-14-15(21(3)18(26)22(4)16(14)25)20-17(24)23(9)12-8-11(19)6-7-13(12)27-5/h6-8H,1-5H3. The summed E-state index contributed by atoms with van der Waals surface area (Å²) in [5.74, 6) is 1.13. The molecule has 0 spiro atoms. The van der Waals surface area contributed by atoms with E-state index in [1.165, 1.54) is 11.6 Å². The number of hydrogen-bond acceptors (Lipinski definition) is 4. The van der Waals surface area contributed by atoms with E-state index in [0.29, 0.717) is 33.4 Å². The van der Waals surface area contributed by atoms with Gasteiger partial charge in [0.15, 0.2) is 11.2 Å². The van der Waals surface area contributed by atoms with Gasteiger partial charge in [-0.2, -0.15) is 4.98 Å². The van der Waals surface area contributed by atoms with Crippen LogP contribution in [0.3, 0.4) is 0 Å². The lowest BCUT2D eigenvalue weighted by atomic mass is 10.2. The lowest BCUT2D eigenvalue weighted by Gasteiger charge is -2.12. The molecule has 4 rings (SSSR count). The second-order valence-electron chi connectivity index (χ2n) is 6.45. The van der Waals surface area contributed by atoms with Gasteiger partial charge >= 0.3 is 5.69 Å². The third-order valence-corrected chi connectivity index (χ3v) is 5.25. The van der Waals surface area contributed by atoms with Crippen molar-refractivity contribution in [3.05, 3.63) is 55.4 Å². The van der Waals surface area contributed by atoms with Gasteiger partial charge in [-0.25, -0.2) is 4.79 Å². The molecule has 0 radical (unpaired) electrons. The molecular formula is C18H18ClN5O3. The summed E-state index contributed by atoms with van der Waals surface area (Å²) in [7, 11) is 4.64. The van der Waals surface area contributed by atoms with E-state index >= 15 is 0 Å². The first-order valence-corrected chi connectivity index (χ1v) is 8.65. The maximum Gasteiger partial charge on any atom is 0.332 e. The van der Waals surface area contributed by atoms with Crippen molar-refractivity contribution >= 4 is 28.5 Å². The summed E-state index contributed by atoms with van der Waals surface area (Å²) >= 11 is 6.21. The van der Waals surface area contributed by atoms with Gasteiger partial charge in [0.05, 0.1) is 12.8 Å². The van der Waals surface area contributed by atoms with Crippen molar-refractivity contribution in [2.24, 2.45) is 14.1 Å². The van der Waals surface area contributed by atoms with E-state index in [-0.39, 0.29) is 5.56 Å². The van der Waals surface area contributed by atoms with E-state index in [0.717, 1.165) is 16.0 Å². The fourth-order valence-corrected chi connectivity index (χ4v) is 3.62. The number of nitrogens with zero attached hydrogens (tertiary/aromatic N) is 5. The lowest BCUT2D eigenvalue weighted by molar-refractivity contribution is 0.413. The minimum atomic E-state index is -0.422. The number of benzene rings is 1. The second-order valence-corrected chi connectivity index (χ2v) is 6.88. The van der Waals surface area contributed by atoms with Gasteiger partial charge in [0.1, 0.15) is 5.75 Å². The molecule has 1 aromatic carbocycles. The lowest BCUT2D eigenvalue weighted by Crippen LogP contribution is -2.37. The fraction of sp³-hybridized carbons (Fsp3) is 0.278. The van der Waals surface area contributed by atoms with E-state index in [1.807, 2.05) is 18.4 Å². The van der Waals surface area contributed by atoms with Crippen LogP contribution in [0.15, 0.2) is 27.8 Å². The zero-order chi connectivity index (χ0) is 19.6. The Morgan fingerprint density at radius 2 is 1.78 bits per heavy atom. The van der Waals surface area contributed by atoms with E-state index in [9.17, 15) is 9.59 Å². The molecule has 4 aromatic rings. The maximum atomic E-state index is 12.8. The van der Waals surface area contributed by atoms with Crippen LogP contribution in [0.5, 0.6) is 5.75 Å². The minimum absolute atomic E-state index is 0.330. The SMILES string of the molecule is COc1ccc(Cl)cc1-n1c(C)c(C)n2c3c(=O)n(C)c(=O)n(C)c3nc12. The Hall–Kier alpha value is -3.00. The molecule has 27 heavy (non-hydrogen) atoms. The number of rotatable bonds is 2. The highest BCUT2D eigenvalue weighted by molar-refractivity contribution is 6.30. The molecule has 3 heterocycles. The topological polar surface area (TPSA) is 75.5 Å². The normalized spacial score (nSPS) is 11.6. The molecule has 9 heteroatoms. The summed E-state index contributed by atoms with van der Waals surface area (Å²) < 4.78 is 11.6. The van der Waals surface area contributed by atoms with E-state index in [1.54, 1.807) is 36.8 Å². The molecule has 0 aliphatic rings. The summed E-state index contributed by atoms with van der Waals surface area (Å²) in [4.78, 5) is 29.7. The number of hydrogen-bond donors (Lipinski definition) is 0. The van der Waals surface area contributed by atoms with E-state index in [4.69, 9.17) is 16.3 Å². The number of aryl methyl sites for hydroxylation is 2. The zero-order valence-electron chi connectivity index (χ0n) is 15.6. The van der Waals surface area contributed by atoms with Gasteiger partial charge in [-0.3, -0.25) is 22.9 Å². The summed E-state index contributed by atoms with van der Waals surface area (Å²) in [6.07, 6.45) is 0. The fourth-order valence-electron chi connectivity index (χ4n) is 3.45. The van der Waals surface area contributed by atoms with E-state index in [2.05, 4.69) is 4.98 Å². The predicted octanol–water partition coefficient (Wildman–Crippen LogP) is 1.95. The van der Waals surface area contributed by atoms with Gasteiger partial charge < -0.3 is 4.74 Å². The first-order chi connectivity index (χ1) is 12.8. The van der Waals surface area contributed by atoms with Crippen molar-refractivity contribution in [1.29, 1.82) is 0 Å². The minimum Gasteiger partial charge on any atom is -0.495 e. The highest BCUT2D eigenvalue weighted by Crippen LogP contribution is 2.31. The molecule has 8 nitrogen and oxygen atoms in total. The van der Waals surface area contributed by atoms with Gasteiger partial charge in [0.2, 0.25) is 5.78 Å². The second kappa shape index (κ2) is 5.75. The van der Waals surface area contributed by atoms with Crippen molar-refractivity contribution in [2.75, 3.05) is 7.11 Å². The Bertz CT molecular complexity index is 1360. The monoisotopic (exact) mass is 387 g/mol. The molecule has 0 aliphatic carbocycles. The van der Waals surface area contributed by atoms with Crippen molar-refractivity contribution in [3.8, 4) is 11.4 Å². The third-order valence-electron chi connectivity index (χ3n) is 5.02. The van der Waals surface area contributed by atoms with Crippen molar-refractivity contribution in [3.63, 3.8) is 0 Å². The molecule has 140 valence electrons. The molecule has 0 N–H and O–H groups in total. The maximum absolute atomic E-state index is 12.8.